The minimum Gasteiger partial charge on any atom is -0.360 e. The first-order valence-corrected chi connectivity index (χ1v) is 7.43. The third kappa shape index (κ3) is 2.20. The Kier molecular flexibility index (Phi) is 3.45. The van der Waals surface area contributed by atoms with Gasteiger partial charge in [-0.3, -0.25) is 4.79 Å². The summed E-state index contributed by atoms with van der Waals surface area (Å²) in [5, 5.41) is 3.52. The highest BCUT2D eigenvalue weighted by Gasteiger charge is 2.36. The van der Waals surface area contributed by atoms with Gasteiger partial charge in [0.2, 0.25) is 0 Å². The van der Waals surface area contributed by atoms with Gasteiger partial charge in [0.1, 0.15) is 6.17 Å². The van der Waals surface area contributed by atoms with Gasteiger partial charge in [-0.05, 0) is 37.6 Å². The van der Waals surface area contributed by atoms with Crippen LogP contribution in [0.1, 0.15) is 42.5 Å². The summed E-state index contributed by atoms with van der Waals surface area (Å²) in [6.45, 7) is 4.21. The van der Waals surface area contributed by atoms with Crippen molar-refractivity contribution in [2.24, 2.45) is 7.05 Å². The van der Waals surface area contributed by atoms with Gasteiger partial charge in [0.25, 0.3) is 5.91 Å². The molecule has 0 fully saturated rings. The lowest BCUT2D eigenvalue weighted by Gasteiger charge is -2.41. The van der Waals surface area contributed by atoms with Gasteiger partial charge in [-0.15, -0.1) is 0 Å². The van der Waals surface area contributed by atoms with E-state index in [1.807, 2.05) is 48.5 Å². The van der Waals surface area contributed by atoms with Crippen LogP contribution in [0.2, 0.25) is 0 Å². The van der Waals surface area contributed by atoms with Crippen molar-refractivity contribution >= 4 is 11.6 Å². The molecule has 1 aromatic heterocycles. The minimum atomic E-state index is -0.123. The molecule has 1 aliphatic rings. The summed E-state index contributed by atoms with van der Waals surface area (Å²) in [5.41, 5.74) is 2.76. The first kappa shape index (κ1) is 13.7. The van der Waals surface area contributed by atoms with Gasteiger partial charge in [-0.2, -0.15) is 0 Å². The molecule has 2 atom stereocenters. The van der Waals surface area contributed by atoms with Crippen LogP contribution in [-0.2, 0) is 7.05 Å². The molecule has 0 bridgehead atoms. The van der Waals surface area contributed by atoms with Crippen LogP contribution in [0.15, 0.2) is 42.6 Å². The van der Waals surface area contributed by atoms with Gasteiger partial charge in [-0.1, -0.05) is 19.1 Å². The summed E-state index contributed by atoms with van der Waals surface area (Å²) in [7, 11) is 2.01. The van der Waals surface area contributed by atoms with Crippen molar-refractivity contribution in [3.63, 3.8) is 0 Å². The second kappa shape index (κ2) is 5.28. The van der Waals surface area contributed by atoms with E-state index in [0.29, 0.717) is 0 Å². The van der Waals surface area contributed by atoms with E-state index < -0.39 is 0 Å². The fraction of sp³-hybridized carbons (Fsp3) is 0.353. The van der Waals surface area contributed by atoms with E-state index in [-0.39, 0.29) is 18.1 Å². The van der Waals surface area contributed by atoms with Crippen LogP contribution in [0.5, 0.6) is 0 Å². The number of carbonyl (C=O) groups is 1. The van der Waals surface area contributed by atoms with Crippen LogP contribution in [-0.4, -0.2) is 21.4 Å². The first-order valence-electron chi connectivity index (χ1n) is 7.43. The SMILES string of the molecule is CC[C@@H](C)N1C(=O)c2ccccc2N[C@@H]1c1cccn1C. The standard InChI is InChI=1S/C17H21N3O/c1-4-12(2)20-16(15-10-7-11-19(15)3)18-14-9-6-5-8-13(14)17(20)21/h5-12,16,18H,4H2,1-3H3/t12-,16+/m1/s1. The number of fused-ring (bicyclic) bond motifs is 1. The number of nitrogens with one attached hydrogen (secondary N) is 1. The number of para-hydroxylation sites is 1. The van der Waals surface area contributed by atoms with Crippen LogP contribution in [0, 0.1) is 0 Å². The number of aryl methyl sites for hydroxylation is 1. The topological polar surface area (TPSA) is 37.3 Å². The van der Waals surface area contributed by atoms with Crippen molar-refractivity contribution < 1.29 is 4.79 Å². The van der Waals surface area contributed by atoms with E-state index in [2.05, 4.69) is 29.8 Å². The molecule has 2 aromatic rings. The molecular formula is C17H21N3O. The zero-order valence-corrected chi connectivity index (χ0v) is 12.7. The summed E-state index contributed by atoms with van der Waals surface area (Å²) in [4.78, 5) is 14.9. The van der Waals surface area contributed by atoms with E-state index in [1.54, 1.807) is 0 Å². The third-order valence-electron chi connectivity index (χ3n) is 4.29. The number of hydrogen-bond donors (Lipinski definition) is 1. The van der Waals surface area contributed by atoms with E-state index in [1.165, 1.54) is 0 Å². The van der Waals surface area contributed by atoms with E-state index in [0.717, 1.165) is 23.4 Å². The third-order valence-corrected chi connectivity index (χ3v) is 4.29. The molecule has 0 unspecified atom stereocenters. The molecule has 0 spiro atoms. The van der Waals surface area contributed by atoms with Crippen molar-refractivity contribution in [3.05, 3.63) is 53.9 Å². The van der Waals surface area contributed by atoms with Gasteiger partial charge in [0.05, 0.1) is 11.3 Å². The number of nitrogens with zero attached hydrogens (tertiary/aromatic N) is 2. The average Bonchev–Trinajstić information content (AvgIpc) is 2.92. The molecular weight excluding hydrogens is 262 g/mol. The van der Waals surface area contributed by atoms with Gasteiger partial charge in [0.15, 0.2) is 0 Å². The summed E-state index contributed by atoms with van der Waals surface area (Å²) < 4.78 is 2.06. The zero-order chi connectivity index (χ0) is 15.0. The molecule has 21 heavy (non-hydrogen) atoms. The normalized spacial score (nSPS) is 19.1. The van der Waals surface area contributed by atoms with Crippen molar-refractivity contribution in [2.45, 2.75) is 32.5 Å². The number of amides is 1. The molecule has 1 aromatic carbocycles. The van der Waals surface area contributed by atoms with Crippen LogP contribution in [0.4, 0.5) is 5.69 Å². The summed E-state index contributed by atoms with van der Waals surface area (Å²) in [6.07, 6.45) is 2.81. The smallest absolute Gasteiger partial charge is 0.258 e. The number of anilines is 1. The number of aromatic nitrogens is 1. The Bertz CT molecular complexity index is 662. The molecule has 1 aliphatic heterocycles. The summed E-state index contributed by atoms with van der Waals surface area (Å²) in [5.74, 6) is 0.102. The maximum Gasteiger partial charge on any atom is 0.258 e. The maximum atomic E-state index is 12.9. The largest absolute Gasteiger partial charge is 0.360 e. The van der Waals surface area contributed by atoms with Gasteiger partial charge >= 0.3 is 0 Å². The highest BCUT2D eigenvalue weighted by Crippen LogP contribution is 2.34. The maximum absolute atomic E-state index is 12.9. The molecule has 4 heteroatoms. The Morgan fingerprint density at radius 3 is 2.67 bits per heavy atom. The van der Waals surface area contributed by atoms with Crippen LogP contribution in [0.3, 0.4) is 0 Å². The number of rotatable bonds is 3. The monoisotopic (exact) mass is 283 g/mol. The zero-order valence-electron chi connectivity index (χ0n) is 12.7. The fourth-order valence-corrected chi connectivity index (χ4v) is 2.89. The van der Waals surface area contributed by atoms with Gasteiger partial charge in [-0.25, -0.2) is 0 Å². The summed E-state index contributed by atoms with van der Waals surface area (Å²) >= 11 is 0. The highest BCUT2D eigenvalue weighted by atomic mass is 16.2. The molecule has 0 aliphatic carbocycles. The average molecular weight is 283 g/mol. The van der Waals surface area contributed by atoms with E-state index >= 15 is 0 Å². The highest BCUT2D eigenvalue weighted by molar-refractivity contribution is 6.01. The molecule has 0 saturated heterocycles. The minimum absolute atomic E-state index is 0.102. The predicted molar refractivity (Wildman–Crippen MR) is 84.1 cm³/mol. The summed E-state index contributed by atoms with van der Waals surface area (Å²) in [6, 6.07) is 12.0. The predicted octanol–water partition coefficient (Wildman–Crippen LogP) is 3.39. The van der Waals surface area contributed by atoms with Crippen LogP contribution < -0.4 is 5.32 Å². The second-order valence-corrected chi connectivity index (χ2v) is 5.61. The Labute approximate surface area is 125 Å². The Balaban J connectivity index is 2.10. The van der Waals surface area contributed by atoms with Crippen LogP contribution in [0.25, 0.3) is 0 Å². The van der Waals surface area contributed by atoms with E-state index in [9.17, 15) is 4.79 Å². The lowest BCUT2D eigenvalue weighted by Crippen LogP contribution is -2.48. The fourth-order valence-electron chi connectivity index (χ4n) is 2.89. The Hall–Kier alpha value is -2.23. The van der Waals surface area contributed by atoms with E-state index in [4.69, 9.17) is 0 Å². The Morgan fingerprint density at radius 1 is 1.24 bits per heavy atom. The lowest BCUT2D eigenvalue weighted by molar-refractivity contribution is 0.0586. The molecule has 0 saturated carbocycles. The molecule has 3 rings (SSSR count). The van der Waals surface area contributed by atoms with Gasteiger partial charge in [0, 0.05) is 25.0 Å². The van der Waals surface area contributed by atoms with Crippen molar-refractivity contribution in [3.8, 4) is 0 Å². The number of carbonyl (C=O) groups excluding carboxylic acids is 1. The van der Waals surface area contributed by atoms with Crippen molar-refractivity contribution in [1.29, 1.82) is 0 Å². The molecule has 1 N–H and O–H groups in total. The van der Waals surface area contributed by atoms with Crippen molar-refractivity contribution in [2.75, 3.05) is 5.32 Å². The molecule has 1 amide bonds. The molecule has 2 heterocycles. The number of hydrogen-bond acceptors (Lipinski definition) is 2. The number of benzene rings is 1. The lowest BCUT2D eigenvalue weighted by atomic mass is 10.0. The molecule has 110 valence electrons. The second-order valence-electron chi connectivity index (χ2n) is 5.61. The van der Waals surface area contributed by atoms with Crippen LogP contribution >= 0.6 is 0 Å². The Morgan fingerprint density at radius 2 is 2.00 bits per heavy atom. The first-order chi connectivity index (χ1) is 10.1. The quantitative estimate of drug-likeness (QED) is 0.937. The molecule has 4 nitrogen and oxygen atoms in total. The molecule has 0 radical (unpaired) electrons. The van der Waals surface area contributed by atoms with Gasteiger partial charge < -0.3 is 14.8 Å². The van der Waals surface area contributed by atoms with Crippen molar-refractivity contribution in [1.82, 2.24) is 9.47 Å².